The summed E-state index contributed by atoms with van der Waals surface area (Å²) in [4.78, 5) is 11.8. The number of nitrogens with two attached hydrogens (primary N) is 1. The van der Waals surface area contributed by atoms with Crippen LogP contribution in [-0.4, -0.2) is 18.6 Å². The van der Waals surface area contributed by atoms with Crippen molar-refractivity contribution >= 4 is 24.0 Å². The minimum absolute atomic E-state index is 0. The fraction of sp³-hybridized carbons (Fsp3) is 0.462. The van der Waals surface area contributed by atoms with Crippen LogP contribution in [0.2, 0.25) is 0 Å². The summed E-state index contributed by atoms with van der Waals surface area (Å²) in [6.07, 6.45) is 0.555. The molecule has 0 saturated carbocycles. The normalized spacial score (nSPS) is 11.9. The number of carbonyl (C=O) groups excluding carboxylic acids is 1. The first-order valence-electron chi connectivity index (χ1n) is 5.99. The lowest BCUT2D eigenvalue weighted by molar-refractivity contribution is -0.117. The Kier molecular flexibility index (Phi) is 8.10. The molecule has 0 aliphatic heterocycles. The molecule has 0 aliphatic carbocycles. The molecule has 3 N–H and O–H groups in total. The van der Waals surface area contributed by atoms with Crippen molar-refractivity contribution in [3.05, 3.63) is 24.3 Å². The Bertz CT molecular complexity index is 431. The Hall–Kier alpha value is -1.40. The molecule has 20 heavy (non-hydrogen) atoms. The molecule has 1 aromatic rings. The van der Waals surface area contributed by atoms with E-state index < -0.39 is 12.7 Å². The first-order chi connectivity index (χ1) is 8.88. The van der Waals surface area contributed by atoms with Crippen LogP contribution in [0.4, 0.5) is 14.5 Å². The van der Waals surface area contributed by atoms with E-state index in [4.69, 9.17) is 5.73 Å². The van der Waals surface area contributed by atoms with E-state index >= 15 is 0 Å². The van der Waals surface area contributed by atoms with Crippen LogP contribution >= 0.6 is 12.4 Å². The molecule has 1 amide bonds. The van der Waals surface area contributed by atoms with Gasteiger partial charge in [-0.2, -0.15) is 8.78 Å². The van der Waals surface area contributed by atoms with Gasteiger partial charge in [-0.3, -0.25) is 4.79 Å². The zero-order chi connectivity index (χ0) is 14.4. The Balaban J connectivity index is 0.00000361. The fourth-order valence-corrected chi connectivity index (χ4v) is 1.60. The van der Waals surface area contributed by atoms with E-state index in [0.29, 0.717) is 18.0 Å². The largest absolute Gasteiger partial charge is 0.435 e. The van der Waals surface area contributed by atoms with E-state index in [2.05, 4.69) is 10.1 Å². The van der Waals surface area contributed by atoms with Gasteiger partial charge in [-0.1, -0.05) is 19.9 Å². The number of rotatable bonds is 6. The maximum Gasteiger partial charge on any atom is 0.387 e. The molecule has 0 heterocycles. The molecular formula is C13H19ClF2N2O2. The summed E-state index contributed by atoms with van der Waals surface area (Å²) in [6, 6.07) is 5.18. The summed E-state index contributed by atoms with van der Waals surface area (Å²) in [5.74, 6) is -0.0534. The zero-order valence-corrected chi connectivity index (χ0v) is 12.1. The van der Waals surface area contributed by atoms with E-state index in [1.165, 1.54) is 18.2 Å². The molecule has 0 saturated heterocycles. The predicted molar refractivity (Wildman–Crippen MR) is 76.4 cm³/mol. The van der Waals surface area contributed by atoms with Crippen LogP contribution in [0.25, 0.3) is 0 Å². The van der Waals surface area contributed by atoms with E-state index in [9.17, 15) is 13.6 Å². The van der Waals surface area contributed by atoms with Gasteiger partial charge in [0, 0.05) is 11.8 Å². The van der Waals surface area contributed by atoms with Crippen molar-refractivity contribution in [1.29, 1.82) is 0 Å². The maximum absolute atomic E-state index is 12.1. The number of hydrogen-bond acceptors (Lipinski definition) is 3. The number of amides is 1. The molecule has 1 atom stereocenters. The molecule has 4 nitrogen and oxygen atoms in total. The van der Waals surface area contributed by atoms with Crippen LogP contribution in [0, 0.1) is 5.92 Å². The predicted octanol–water partition coefficient (Wildman–Crippen LogP) is 3.02. The van der Waals surface area contributed by atoms with Crippen molar-refractivity contribution in [3.8, 4) is 5.75 Å². The van der Waals surface area contributed by atoms with Crippen molar-refractivity contribution in [2.45, 2.75) is 32.9 Å². The minimum Gasteiger partial charge on any atom is -0.435 e. The summed E-state index contributed by atoms with van der Waals surface area (Å²) in [6.45, 7) is 1.03. The van der Waals surface area contributed by atoms with E-state index in [-0.39, 0.29) is 24.1 Å². The summed E-state index contributed by atoms with van der Waals surface area (Å²) in [7, 11) is 0. The van der Waals surface area contributed by atoms with E-state index in [1.54, 1.807) is 6.07 Å². The molecule has 0 bridgehead atoms. The SMILES string of the molecule is CC(C)C[C@H](N)C(=O)Nc1cccc(OC(F)F)c1.Cl. The van der Waals surface area contributed by atoms with Crippen molar-refractivity contribution in [2.24, 2.45) is 11.7 Å². The Morgan fingerprint density at radius 1 is 1.40 bits per heavy atom. The van der Waals surface area contributed by atoms with Gasteiger partial charge in [0.15, 0.2) is 0 Å². The molecule has 114 valence electrons. The molecule has 0 spiro atoms. The van der Waals surface area contributed by atoms with Crippen LogP contribution in [-0.2, 0) is 4.79 Å². The average molecular weight is 309 g/mol. The molecule has 0 aliphatic rings. The molecule has 1 aromatic carbocycles. The van der Waals surface area contributed by atoms with Crippen molar-refractivity contribution in [3.63, 3.8) is 0 Å². The number of hydrogen-bond donors (Lipinski definition) is 2. The van der Waals surface area contributed by atoms with Crippen LogP contribution < -0.4 is 15.8 Å². The third kappa shape index (κ3) is 6.68. The third-order valence-electron chi connectivity index (χ3n) is 2.39. The average Bonchev–Trinajstić information content (AvgIpc) is 2.27. The first-order valence-corrected chi connectivity index (χ1v) is 5.99. The second-order valence-electron chi connectivity index (χ2n) is 4.63. The molecule has 7 heteroatoms. The Morgan fingerprint density at radius 3 is 2.60 bits per heavy atom. The third-order valence-corrected chi connectivity index (χ3v) is 2.39. The molecule has 0 aromatic heterocycles. The standard InChI is InChI=1S/C13H18F2N2O2.ClH/c1-8(2)6-11(16)12(18)17-9-4-3-5-10(7-9)19-13(14)15;/h3-5,7-8,11,13H,6,16H2,1-2H3,(H,17,18);1H/t11-;/m0./s1. The van der Waals surface area contributed by atoms with Gasteiger partial charge in [0.2, 0.25) is 5.91 Å². The van der Waals surface area contributed by atoms with Gasteiger partial charge in [-0.25, -0.2) is 0 Å². The number of alkyl halides is 2. The highest BCUT2D eigenvalue weighted by Gasteiger charge is 2.15. The molecule has 0 fully saturated rings. The minimum atomic E-state index is -2.89. The fourth-order valence-electron chi connectivity index (χ4n) is 1.60. The smallest absolute Gasteiger partial charge is 0.387 e. The number of benzene rings is 1. The highest BCUT2D eigenvalue weighted by atomic mass is 35.5. The monoisotopic (exact) mass is 308 g/mol. The van der Waals surface area contributed by atoms with Gasteiger partial charge in [0.25, 0.3) is 0 Å². The number of anilines is 1. The van der Waals surface area contributed by atoms with Crippen LogP contribution in [0.3, 0.4) is 0 Å². The number of halogens is 3. The van der Waals surface area contributed by atoms with E-state index in [1.807, 2.05) is 13.8 Å². The van der Waals surface area contributed by atoms with Crippen molar-refractivity contribution < 1.29 is 18.3 Å². The lowest BCUT2D eigenvalue weighted by atomic mass is 10.0. The van der Waals surface area contributed by atoms with E-state index in [0.717, 1.165) is 0 Å². The van der Waals surface area contributed by atoms with Crippen LogP contribution in [0.5, 0.6) is 5.75 Å². The topological polar surface area (TPSA) is 64.4 Å². The lowest BCUT2D eigenvalue weighted by Crippen LogP contribution is -2.36. The molecule has 1 rings (SSSR count). The zero-order valence-electron chi connectivity index (χ0n) is 11.3. The highest BCUT2D eigenvalue weighted by Crippen LogP contribution is 2.19. The Labute approximate surface area is 123 Å². The Morgan fingerprint density at radius 2 is 2.05 bits per heavy atom. The van der Waals surface area contributed by atoms with Gasteiger partial charge in [-0.05, 0) is 24.5 Å². The lowest BCUT2D eigenvalue weighted by Gasteiger charge is -2.14. The van der Waals surface area contributed by atoms with Crippen LogP contribution in [0.15, 0.2) is 24.3 Å². The second kappa shape index (κ2) is 8.71. The molecule has 0 unspecified atom stereocenters. The van der Waals surface area contributed by atoms with Gasteiger partial charge in [0.05, 0.1) is 6.04 Å². The summed E-state index contributed by atoms with van der Waals surface area (Å²) < 4.78 is 28.4. The summed E-state index contributed by atoms with van der Waals surface area (Å²) >= 11 is 0. The quantitative estimate of drug-likeness (QED) is 0.849. The maximum atomic E-state index is 12.1. The van der Waals surface area contributed by atoms with Crippen molar-refractivity contribution in [2.75, 3.05) is 5.32 Å². The number of carbonyl (C=O) groups is 1. The summed E-state index contributed by atoms with van der Waals surface area (Å²) in [5, 5.41) is 2.57. The first kappa shape index (κ1) is 18.6. The number of nitrogens with one attached hydrogen (secondary N) is 1. The molecule has 0 radical (unpaired) electrons. The van der Waals surface area contributed by atoms with Crippen molar-refractivity contribution in [1.82, 2.24) is 0 Å². The van der Waals surface area contributed by atoms with Crippen LogP contribution in [0.1, 0.15) is 20.3 Å². The highest BCUT2D eigenvalue weighted by molar-refractivity contribution is 5.94. The van der Waals surface area contributed by atoms with Gasteiger partial charge in [-0.15, -0.1) is 12.4 Å². The number of ether oxygens (including phenoxy) is 1. The van der Waals surface area contributed by atoms with Gasteiger partial charge >= 0.3 is 6.61 Å². The van der Waals surface area contributed by atoms with Gasteiger partial charge < -0.3 is 15.8 Å². The second-order valence-corrected chi connectivity index (χ2v) is 4.63. The molecular weight excluding hydrogens is 290 g/mol. The van der Waals surface area contributed by atoms with Gasteiger partial charge in [0.1, 0.15) is 5.75 Å². The summed E-state index contributed by atoms with van der Waals surface area (Å²) in [5.41, 5.74) is 6.10.